The molecule has 1 aromatic carbocycles. The lowest BCUT2D eigenvalue weighted by molar-refractivity contribution is -0.172. The number of benzene rings is 1. The van der Waals surface area contributed by atoms with Crippen LogP contribution in [0.1, 0.15) is 18.9 Å². The number of hydrogen-bond acceptors (Lipinski definition) is 4. The lowest BCUT2D eigenvalue weighted by atomic mass is 9.80. The molecule has 4 heteroatoms. The minimum Gasteiger partial charge on any atom is -0.461 e. The first-order valence-electron chi connectivity index (χ1n) is 6.30. The maximum Gasteiger partial charge on any atom is 0.317 e. The summed E-state index contributed by atoms with van der Waals surface area (Å²) in [5.74, 6) is -1.15. The second-order valence-electron chi connectivity index (χ2n) is 4.82. The molecule has 3 atom stereocenters. The molecule has 0 radical (unpaired) electrons. The van der Waals surface area contributed by atoms with E-state index < -0.39 is 12.0 Å². The zero-order chi connectivity index (χ0) is 13.4. The van der Waals surface area contributed by atoms with Crippen molar-refractivity contribution in [2.75, 3.05) is 0 Å². The van der Waals surface area contributed by atoms with Gasteiger partial charge in [0.15, 0.2) is 0 Å². The van der Waals surface area contributed by atoms with Crippen molar-refractivity contribution in [3.63, 3.8) is 0 Å². The zero-order valence-corrected chi connectivity index (χ0v) is 10.5. The van der Waals surface area contributed by atoms with Gasteiger partial charge in [0.25, 0.3) is 0 Å². The van der Waals surface area contributed by atoms with Crippen LogP contribution in [-0.4, -0.2) is 24.1 Å². The molecule has 19 heavy (non-hydrogen) atoms. The Balaban J connectivity index is 1.92. The second-order valence-corrected chi connectivity index (χ2v) is 4.82. The lowest BCUT2D eigenvalue weighted by Gasteiger charge is -2.39. The molecule has 0 saturated carbocycles. The van der Waals surface area contributed by atoms with Crippen LogP contribution in [0.4, 0.5) is 0 Å². The molecule has 3 aliphatic rings. The minimum absolute atomic E-state index is 0.304. The molecule has 2 heterocycles. The summed E-state index contributed by atoms with van der Waals surface area (Å²) in [5, 5.41) is 0. The molecule has 0 amide bonds. The highest BCUT2D eigenvalue weighted by atomic mass is 16.6. The number of hydrogen-bond donors (Lipinski definition) is 0. The van der Waals surface area contributed by atoms with Crippen molar-refractivity contribution < 1.29 is 19.1 Å². The van der Waals surface area contributed by atoms with E-state index in [1.165, 1.54) is 6.92 Å². The van der Waals surface area contributed by atoms with Gasteiger partial charge >= 0.3 is 11.9 Å². The predicted molar refractivity (Wildman–Crippen MR) is 68.0 cm³/mol. The third kappa shape index (κ3) is 2.14. The number of ether oxygens (including phenoxy) is 2. The van der Waals surface area contributed by atoms with E-state index in [2.05, 4.69) is 0 Å². The third-order valence-electron chi connectivity index (χ3n) is 3.51. The summed E-state index contributed by atoms with van der Waals surface area (Å²) in [6, 6.07) is 9.81. The molecule has 0 aromatic heterocycles. The van der Waals surface area contributed by atoms with Crippen LogP contribution in [0.25, 0.3) is 5.57 Å². The van der Waals surface area contributed by atoms with Crippen molar-refractivity contribution in [1.82, 2.24) is 0 Å². The summed E-state index contributed by atoms with van der Waals surface area (Å²) in [4.78, 5) is 22.8. The fraction of sp³-hybridized carbons (Fsp3) is 0.333. The monoisotopic (exact) mass is 258 g/mol. The van der Waals surface area contributed by atoms with Gasteiger partial charge < -0.3 is 9.47 Å². The molecule has 0 spiro atoms. The van der Waals surface area contributed by atoms with E-state index in [9.17, 15) is 9.59 Å². The van der Waals surface area contributed by atoms with Crippen molar-refractivity contribution in [2.45, 2.75) is 25.6 Å². The Kier molecular flexibility index (Phi) is 2.85. The Morgan fingerprint density at radius 1 is 1.32 bits per heavy atom. The average Bonchev–Trinajstić information content (AvgIpc) is 2.39. The van der Waals surface area contributed by atoms with Gasteiger partial charge in [-0.2, -0.15) is 0 Å². The van der Waals surface area contributed by atoms with Crippen molar-refractivity contribution >= 4 is 17.5 Å². The molecule has 0 N–H and O–H groups in total. The Labute approximate surface area is 111 Å². The van der Waals surface area contributed by atoms with Gasteiger partial charge in [-0.15, -0.1) is 0 Å². The van der Waals surface area contributed by atoms with Crippen LogP contribution in [0.2, 0.25) is 0 Å². The summed E-state index contributed by atoms with van der Waals surface area (Å²) in [6.45, 7) is 1.36. The van der Waals surface area contributed by atoms with Gasteiger partial charge in [0, 0.05) is 13.3 Å². The quantitative estimate of drug-likeness (QED) is 0.761. The van der Waals surface area contributed by atoms with E-state index in [0.29, 0.717) is 6.42 Å². The van der Waals surface area contributed by atoms with Gasteiger partial charge in [-0.3, -0.25) is 9.59 Å². The second kappa shape index (κ2) is 4.53. The zero-order valence-electron chi connectivity index (χ0n) is 10.5. The van der Waals surface area contributed by atoms with E-state index >= 15 is 0 Å². The first-order valence-corrected chi connectivity index (χ1v) is 6.30. The van der Waals surface area contributed by atoms with Gasteiger partial charge in [0.1, 0.15) is 18.1 Å². The fourth-order valence-electron chi connectivity index (χ4n) is 2.69. The first kappa shape index (κ1) is 12.0. The molecule has 0 unspecified atom stereocenters. The Morgan fingerprint density at radius 3 is 2.68 bits per heavy atom. The molecule has 1 aliphatic carbocycles. The number of rotatable bonds is 2. The highest BCUT2D eigenvalue weighted by molar-refractivity contribution is 5.86. The van der Waals surface area contributed by atoms with Crippen LogP contribution in [0, 0.1) is 5.92 Å². The Hall–Kier alpha value is -2.10. The van der Waals surface area contributed by atoms with Crippen LogP contribution in [0.3, 0.4) is 0 Å². The summed E-state index contributed by atoms with van der Waals surface area (Å²) in [7, 11) is 0. The summed E-state index contributed by atoms with van der Waals surface area (Å²) in [5.41, 5.74) is 2.06. The molecule has 2 aliphatic heterocycles. The van der Waals surface area contributed by atoms with Crippen molar-refractivity contribution in [3.05, 3.63) is 42.0 Å². The van der Waals surface area contributed by atoms with Crippen LogP contribution in [0.5, 0.6) is 0 Å². The number of carbonyl (C=O) groups excluding carboxylic acids is 2. The maximum absolute atomic E-state index is 11.8. The summed E-state index contributed by atoms with van der Waals surface area (Å²) >= 11 is 0. The highest BCUT2D eigenvalue weighted by Crippen LogP contribution is 2.39. The van der Waals surface area contributed by atoms with Gasteiger partial charge in [0.05, 0.1) is 0 Å². The number of carbonyl (C=O) groups is 2. The molecule has 2 bridgehead atoms. The fourth-order valence-corrected chi connectivity index (χ4v) is 2.69. The maximum atomic E-state index is 11.8. The van der Waals surface area contributed by atoms with Crippen LogP contribution in [-0.2, 0) is 19.1 Å². The molecule has 98 valence electrons. The van der Waals surface area contributed by atoms with Gasteiger partial charge in [0.2, 0.25) is 0 Å². The third-order valence-corrected chi connectivity index (χ3v) is 3.51. The summed E-state index contributed by atoms with van der Waals surface area (Å²) < 4.78 is 10.6. The van der Waals surface area contributed by atoms with Gasteiger partial charge in [-0.05, 0) is 11.1 Å². The van der Waals surface area contributed by atoms with Crippen LogP contribution >= 0.6 is 0 Å². The smallest absolute Gasteiger partial charge is 0.317 e. The Morgan fingerprint density at radius 2 is 2.05 bits per heavy atom. The van der Waals surface area contributed by atoms with E-state index in [-0.39, 0.29) is 18.0 Å². The van der Waals surface area contributed by atoms with E-state index in [4.69, 9.17) is 9.47 Å². The van der Waals surface area contributed by atoms with Gasteiger partial charge in [-0.1, -0.05) is 36.4 Å². The SMILES string of the molecule is CC(=O)O[C@H]1C[C@@H]2OC(=O)[C@H]1C=C2c1ccccc1. The van der Waals surface area contributed by atoms with E-state index in [1.807, 2.05) is 36.4 Å². The standard InChI is InChI=1S/C15H14O4/c1-9(16)18-14-8-13-11(7-12(14)15(17)19-13)10-5-3-2-4-6-10/h2-7,12-14H,8H2,1H3/t12-,13-,14-/m0/s1. The van der Waals surface area contributed by atoms with Crippen molar-refractivity contribution in [3.8, 4) is 0 Å². The molecular weight excluding hydrogens is 244 g/mol. The lowest BCUT2D eigenvalue weighted by Crippen LogP contribution is -2.46. The average molecular weight is 258 g/mol. The number of fused-ring (bicyclic) bond motifs is 2. The topological polar surface area (TPSA) is 52.6 Å². The molecule has 1 saturated heterocycles. The number of esters is 2. The van der Waals surface area contributed by atoms with Crippen LogP contribution in [0.15, 0.2) is 36.4 Å². The molecule has 1 aromatic rings. The van der Waals surface area contributed by atoms with Crippen molar-refractivity contribution in [1.29, 1.82) is 0 Å². The Bertz CT molecular complexity index is 547. The van der Waals surface area contributed by atoms with E-state index in [1.54, 1.807) is 0 Å². The molecule has 1 fully saturated rings. The normalized spacial score (nSPS) is 28.6. The highest BCUT2D eigenvalue weighted by Gasteiger charge is 2.45. The van der Waals surface area contributed by atoms with Crippen LogP contribution < -0.4 is 0 Å². The van der Waals surface area contributed by atoms with Crippen molar-refractivity contribution in [2.24, 2.45) is 5.92 Å². The molecule has 4 nitrogen and oxygen atoms in total. The predicted octanol–water partition coefficient (Wildman–Crippen LogP) is 1.95. The molecule has 4 rings (SSSR count). The summed E-state index contributed by atoms with van der Waals surface area (Å²) in [6.07, 6.45) is 1.71. The van der Waals surface area contributed by atoms with E-state index in [0.717, 1.165) is 11.1 Å². The molecular formula is C15H14O4. The minimum atomic E-state index is -0.482. The first-order chi connectivity index (χ1) is 9.15. The largest absolute Gasteiger partial charge is 0.461 e. The van der Waals surface area contributed by atoms with Gasteiger partial charge in [-0.25, -0.2) is 0 Å².